The highest BCUT2D eigenvalue weighted by molar-refractivity contribution is 6.31. The molecule has 0 spiro atoms. The molecule has 2 aromatic rings. The summed E-state index contributed by atoms with van der Waals surface area (Å²) < 4.78 is 38.7. The molecule has 0 bridgehead atoms. The van der Waals surface area contributed by atoms with Crippen molar-refractivity contribution in [2.75, 3.05) is 0 Å². The molecule has 0 heterocycles. The van der Waals surface area contributed by atoms with Crippen molar-refractivity contribution in [2.45, 2.75) is 6.18 Å². The molecule has 0 nitrogen and oxygen atoms in total. The van der Waals surface area contributed by atoms with E-state index in [1.54, 1.807) is 0 Å². The summed E-state index contributed by atoms with van der Waals surface area (Å²) >= 11 is 11.3. The van der Waals surface area contributed by atoms with E-state index in [1.165, 1.54) is 30.3 Å². The number of hydrogen-bond acceptors (Lipinski definition) is 0. The van der Waals surface area contributed by atoms with Gasteiger partial charge in [-0.2, -0.15) is 13.2 Å². The normalized spacial score (nSPS) is 11.6. The Morgan fingerprint density at radius 1 is 0.944 bits per heavy atom. The fraction of sp³-hybridized carbons (Fsp3) is 0.0769. The first-order chi connectivity index (χ1) is 8.38. The molecule has 0 fully saturated rings. The molecule has 0 atom stereocenters. The van der Waals surface area contributed by atoms with Gasteiger partial charge < -0.3 is 0 Å². The van der Waals surface area contributed by atoms with Gasteiger partial charge in [0.05, 0.1) is 5.56 Å². The largest absolute Gasteiger partial charge is 0.417 e. The SMILES string of the molecule is FC(F)(F)c1cc(Cl)c[c]c1-c1ccc(Cl)cc1. The maximum absolute atomic E-state index is 12.9. The molecule has 0 amide bonds. The molecule has 0 unspecified atom stereocenters. The number of benzene rings is 2. The van der Waals surface area contributed by atoms with Gasteiger partial charge in [-0.15, -0.1) is 0 Å². The summed E-state index contributed by atoms with van der Waals surface area (Å²) in [5, 5.41) is 0.460. The standard InChI is InChI=1S/C13H6Cl2F3/c14-9-3-1-8(2-4-9)11-6-5-10(15)7-12(11)13(16,17)18/h1-5,7H. The summed E-state index contributed by atoms with van der Waals surface area (Å²) in [6, 6.07) is 10.8. The van der Waals surface area contributed by atoms with E-state index in [9.17, 15) is 13.2 Å². The molecule has 1 radical (unpaired) electrons. The minimum Gasteiger partial charge on any atom is -0.166 e. The third-order valence-electron chi connectivity index (χ3n) is 2.34. The zero-order chi connectivity index (χ0) is 13.3. The van der Waals surface area contributed by atoms with E-state index in [0.717, 1.165) is 6.07 Å². The fourth-order valence-electron chi connectivity index (χ4n) is 1.55. The van der Waals surface area contributed by atoms with Gasteiger partial charge in [0.2, 0.25) is 0 Å². The van der Waals surface area contributed by atoms with Gasteiger partial charge in [0.1, 0.15) is 0 Å². The van der Waals surface area contributed by atoms with Crippen LogP contribution in [0.3, 0.4) is 0 Å². The number of hydrogen-bond donors (Lipinski definition) is 0. The zero-order valence-corrected chi connectivity index (χ0v) is 10.4. The van der Waals surface area contributed by atoms with E-state index in [4.69, 9.17) is 23.2 Å². The van der Waals surface area contributed by atoms with Crippen molar-refractivity contribution < 1.29 is 13.2 Å². The van der Waals surface area contributed by atoms with Crippen molar-refractivity contribution in [3.63, 3.8) is 0 Å². The summed E-state index contributed by atoms with van der Waals surface area (Å²) in [7, 11) is 0. The summed E-state index contributed by atoms with van der Waals surface area (Å²) in [5.41, 5.74) is -0.454. The Kier molecular flexibility index (Phi) is 3.55. The molecule has 0 saturated heterocycles. The molecule has 0 N–H and O–H groups in total. The van der Waals surface area contributed by atoms with Gasteiger partial charge in [0.15, 0.2) is 0 Å². The molecule has 5 heteroatoms. The minimum atomic E-state index is -4.48. The Morgan fingerprint density at radius 3 is 2.11 bits per heavy atom. The molecule has 0 aromatic heterocycles. The van der Waals surface area contributed by atoms with Crippen LogP contribution < -0.4 is 0 Å². The summed E-state index contributed by atoms with van der Waals surface area (Å²) in [4.78, 5) is 0. The van der Waals surface area contributed by atoms with Crippen LogP contribution in [0.4, 0.5) is 13.2 Å². The average molecular weight is 290 g/mol. The highest BCUT2D eigenvalue weighted by atomic mass is 35.5. The Bertz CT molecular complexity index is 559. The predicted molar refractivity (Wildman–Crippen MR) is 65.7 cm³/mol. The van der Waals surface area contributed by atoms with E-state index in [-0.39, 0.29) is 10.6 Å². The fourth-order valence-corrected chi connectivity index (χ4v) is 1.84. The second-order valence-electron chi connectivity index (χ2n) is 3.61. The molecule has 0 aliphatic carbocycles. The molecule has 0 aliphatic rings. The van der Waals surface area contributed by atoms with Gasteiger partial charge in [-0.25, -0.2) is 0 Å². The van der Waals surface area contributed by atoms with Crippen LogP contribution in [0.15, 0.2) is 36.4 Å². The lowest BCUT2D eigenvalue weighted by Crippen LogP contribution is -2.07. The minimum absolute atomic E-state index is 0.0000357. The lowest BCUT2D eigenvalue weighted by molar-refractivity contribution is -0.137. The van der Waals surface area contributed by atoms with E-state index in [0.29, 0.717) is 10.6 Å². The molecule has 0 saturated carbocycles. The van der Waals surface area contributed by atoms with Crippen molar-refractivity contribution in [2.24, 2.45) is 0 Å². The maximum atomic E-state index is 12.9. The zero-order valence-electron chi connectivity index (χ0n) is 8.85. The van der Waals surface area contributed by atoms with E-state index < -0.39 is 11.7 Å². The third kappa shape index (κ3) is 2.79. The van der Waals surface area contributed by atoms with E-state index >= 15 is 0 Å². The van der Waals surface area contributed by atoms with Crippen LogP contribution in [0, 0.1) is 6.07 Å². The molecule has 2 aromatic carbocycles. The number of halogens is 5. The Balaban J connectivity index is 2.60. The van der Waals surface area contributed by atoms with Crippen LogP contribution in [0.1, 0.15) is 5.56 Å². The van der Waals surface area contributed by atoms with E-state index in [2.05, 4.69) is 6.07 Å². The van der Waals surface area contributed by atoms with Crippen LogP contribution in [-0.4, -0.2) is 0 Å². The van der Waals surface area contributed by atoms with Crippen molar-refractivity contribution in [3.05, 3.63) is 58.1 Å². The molecule has 18 heavy (non-hydrogen) atoms. The second-order valence-corrected chi connectivity index (χ2v) is 4.48. The Hall–Kier alpha value is -1.19. The van der Waals surface area contributed by atoms with Gasteiger partial charge in [0.25, 0.3) is 0 Å². The second kappa shape index (κ2) is 4.82. The predicted octanol–water partition coefficient (Wildman–Crippen LogP) is 5.48. The van der Waals surface area contributed by atoms with Crippen molar-refractivity contribution >= 4 is 23.2 Å². The van der Waals surface area contributed by atoms with Gasteiger partial charge in [-0.05, 0) is 35.9 Å². The van der Waals surface area contributed by atoms with Gasteiger partial charge in [0, 0.05) is 15.6 Å². The first-order valence-corrected chi connectivity index (χ1v) is 5.68. The molecular formula is C13H6Cl2F3. The van der Waals surface area contributed by atoms with Gasteiger partial charge >= 0.3 is 6.18 Å². The van der Waals surface area contributed by atoms with Crippen LogP contribution in [-0.2, 0) is 6.18 Å². The first-order valence-electron chi connectivity index (χ1n) is 4.92. The Morgan fingerprint density at radius 2 is 1.56 bits per heavy atom. The average Bonchev–Trinajstić information content (AvgIpc) is 2.29. The lowest BCUT2D eigenvalue weighted by atomic mass is 9.99. The maximum Gasteiger partial charge on any atom is 0.417 e. The Labute approximate surface area is 112 Å². The molecule has 0 aliphatic heterocycles. The summed E-state index contributed by atoms with van der Waals surface area (Å²) in [6.45, 7) is 0. The summed E-state index contributed by atoms with van der Waals surface area (Å²) in [5.74, 6) is 0. The number of rotatable bonds is 1. The number of alkyl halides is 3. The van der Waals surface area contributed by atoms with Crippen molar-refractivity contribution in [1.82, 2.24) is 0 Å². The molecule has 93 valence electrons. The quantitative estimate of drug-likeness (QED) is 0.652. The first kappa shape index (κ1) is 13.2. The topological polar surface area (TPSA) is 0 Å². The monoisotopic (exact) mass is 289 g/mol. The van der Waals surface area contributed by atoms with Gasteiger partial charge in [-0.3, -0.25) is 0 Å². The van der Waals surface area contributed by atoms with Crippen LogP contribution in [0.25, 0.3) is 11.1 Å². The summed E-state index contributed by atoms with van der Waals surface area (Å²) in [6.07, 6.45) is -4.48. The van der Waals surface area contributed by atoms with E-state index in [1.807, 2.05) is 0 Å². The van der Waals surface area contributed by atoms with Gasteiger partial charge in [-0.1, -0.05) is 35.3 Å². The third-order valence-corrected chi connectivity index (χ3v) is 2.81. The molecular weight excluding hydrogens is 284 g/mol. The van der Waals surface area contributed by atoms with Crippen LogP contribution in [0.5, 0.6) is 0 Å². The highest BCUT2D eigenvalue weighted by Crippen LogP contribution is 2.38. The molecule has 2 rings (SSSR count). The highest BCUT2D eigenvalue weighted by Gasteiger charge is 2.34. The van der Waals surface area contributed by atoms with Crippen molar-refractivity contribution in [1.29, 1.82) is 0 Å². The van der Waals surface area contributed by atoms with Crippen molar-refractivity contribution in [3.8, 4) is 11.1 Å². The smallest absolute Gasteiger partial charge is 0.166 e. The van der Waals surface area contributed by atoms with Crippen LogP contribution in [0.2, 0.25) is 10.0 Å². The lowest BCUT2D eigenvalue weighted by Gasteiger charge is -2.13. The van der Waals surface area contributed by atoms with Crippen LogP contribution >= 0.6 is 23.2 Å².